The van der Waals surface area contributed by atoms with Crippen LogP contribution in [-0.2, 0) is 6.54 Å². The molecule has 0 aliphatic heterocycles. The van der Waals surface area contributed by atoms with Crippen molar-refractivity contribution in [2.45, 2.75) is 13.5 Å². The van der Waals surface area contributed by atoms with Gasteiger partial charge in [0, 0.05) is 18.9 Å². The second kappa shape index (κ2) is 4.97. The number of rotatable bonds is 3. The number of halogens is 1. The molecule has 0 fully saturated rings. The second-order valence-electron chi connectivity index (χ2n) is 3.58. The molecule has 0 unspecified atom stereocenters. The largest absolute Gasteiger partial charge is 0.378 e. The topological polar surface area (TPSA) is 70.7 Å². The summed E-state index contributed by atoms with van der Waals surface area (Å²) in [6, 6.07) is 1.91. The molecule has 0 saturated heterocycles. The van der Waals surface area contributed by atoms with Crippen LogP contribution in [0, 0.1) is 6.92 Å². The van der Waals surface area contributed by atoms with Gasteiger partial charge in [-0.1, -0.05) is 11.6 Å². The number of nitrogens with zero attached hydrogens (tertiary/aromatic N) is 2. The van der Waals surface area contributed by atoms with Gasteiger partial charge in [0.15, 0.2) is 0 Å². The van der Waals surface area contributed by atoms with Crippen molar-refractivity contribution in [1.82, 2.24) is 15.2 Å². The Balaban J connectivity index is 2.16. The van der Waals surface area contributed by atoms with Crippen LogP contribution in [0.5, 0.6) is 0 Å². The zero-order valence-electron chi connectivity index (χ0n) is 9.20. The number of hydrogen-bond donors (Lipinski definition) is 2. The first-order valence-corrected chi connectivity index (χ1v) is 5.43. The fourth-order valence-electron chi connectivity index (χ4n) is 1.40. The summed E-state index contributed by atoms with van der Waals surface area (Å²) >= 11 is 5.84. The lowest BCUT2D eigenvalue weighted by molar-refractivity contribution is 0.979. The standard InChI is InChI=1S/C11H11ClN4O/c1-7-4-13-3-2-8(7)5-14-9-6-15-16-11(17)10(9)12/h2-4,6H,5H2,1H3,(H2,14,16,17). The highest BCUT2D eigenvalue weighted by molar-refractivity contribution is 6.32. The Bertz CT molecular complexity index is 582. The molecule has 0 radical (unpaired) electrons. The zero-order chi connectivity index (χ0) is 12.3. The molecule has 5 nitrogen and oxygen atoms in total. The van der Waals surface area contributed by atoms with Crippen LogP contribution in [-0.4, -0.2) is 15.2 Å². The Hall–Kier alpha value is -1.88. The lowest BCUT2D eigenvalue weighted by atomic mass is 10.1. The summed E-state index contributed by atoms with van der Waals surface area (Å²) in [5, 5.41) is 9.13. The molecule has 0 bridgehead atoms. The van der Waals surface area contributed by atoms with E-state index in [-0.39, 0.29) is 5.02 Å². The molecule has 6 heteroatoms. The lowest BCUT2D eigenvalue weighted by Crippen LogP contribution is -2.12. The van der Waals surface area contributed by atoms with Crippen molar-refractivity contribution in [3.63, 3.8) is 0 Å². The van der Waals surface area contributed by atoms with Crippen LogP contribution in [0.1, 0.15) is 11.1 Å². The van der Waals surface area contributed by atoms with Crippen molar-refractivity contribution in [3.8, 4) is 0 Å². The number of pyridine rings is 1. The van der Waals surface area contributed by atoms with Gasteiger partial charge in [0.05, 0.1) is 11.9 Å². The highest BCUT2D eigenvalue weighted by atomic mass is 35.5. The monoisotopic (exact) mass is 250 g/mol. The number of H-pyrrole nitrogens is 1. The number of nitrogens with one attached hydrogen (secondary N) is 2. The molecular weight excluding hydrogens is 240 g/mol. The third kappa shape index (κ3) is 2.62. The molecule has 17 heavy (non-hydrogen) atoms. The van der Waals surface area contributed by atoms with E-state index in [0.29, 0.717) is 12.2 Å². The van der Waals surface area contributed by atoms with E-state index in [2.05, 4.69) is 20.5 Å². The molecule has 2 rings (SSSR count). The molecule has 2 N–H and O–H groups in total. The van der Waals surface area contributed by atoms with Crippen LogP contribution >= 0.6 is 11.6 Å². The maximum atomic E-state index is 11.2. The Kier molecular flexibility index (Phi) is 3.39. The van der Waals surface area contributed by atoms with Crippen LogP contribution < -0.4 is 10.9 Å². The van der Waals surface area contributed by atoms with E-state index in [9.17, 15) is 4.79 Å². The summed E-state index contributed by atoms with van der Waals surface area (Å²) in [6.45, 7) is 2.54. The van der Waals surface area contributed by atoms with Gasteiger partial charge in [0.1, 0.15) is 5.02 Å². The minimum Gasteiger partial charge on any atom is -0.378 e. The van der Waals surface area contributed by atoms with Gasteiger partial charge < -0.3 is 5.32 Å². The third-order valence-electron chi connectivity index (χ3n) is 2.40. The molecule has 88 valence electrons. The minimum atomic E-state index is -0.400. The quantitative estimate of drug-likeness (QED) is 0.871. The van der Waals surface area contributed by atoms with Gasteiger partial charge in [0.2, 0.25) is 0 Å². The van der Waals surface area contributed by atoms with Gasteiger partial charge in [-0.05, 0) is 24.1 Å². The number of aryl methyl sites for hydroxylation is 1. The molecule has 0 spiro atoms. The van der Waals surface area contributed by atoms with Crippen LogP contribution in [0.2, 0.25) is 5.02 Å². The summed E-state index contributed by atoms with van der Waals surface area (Å²) in [6.07, 6.45) is 5.00. The number of anilines is 1. The Morgan fingerprint density at radius 1 is 1.47 bits per heavy atom. The summed E-state index contributed by atoms with van der Waals surface area (Å²) < 4.78 is 0. The molecule has 0 saturated carbocycles. The van der Waals surface area contributed by atoms with Crippen molar-refractivity contribution >= 4 is 17.3 Å². The van der Waals surface area contributed by atoms with Crippen molar-refractivity contribution in [2.24, 2.45) is 0 Å². The zero-order valence-corrected chi connectivity index (χ0v) is 9.95. The van der Waals surface area contributed by atoms with E-state index in [1.165, 1.54) is 6.20 Å². The van der Waals surface area contributed by atoms with Crippen molar-refractivity contribution in [1.29, 1.82) is 0 Å². The Morgan fingerprint density at radius 2 is 2.29 bits per heavy atom. The molecule has 0 aromatic carbocycles. The van der Waals surface area contributed by atoms with Crippen LogP contribution in [0.4, 0.5) is 5.69 Å². The van der Waals surface area contributed by atoms with E-state index in [1.54, 1.807) is 12.4 Å². The predicted octanol–water partition coefficient (Wildman–Crippen LogP) is 1.74. The Morgan fingerprint density at radius 3 is 3.06 bits per heavy atom. The molecule has 0 amide bonds. The van der Waals surface area contributed by atoms with Crippen LogP contribution in [0.3, 0.4) is 0 Å². The van der Waals surface area contributed by atoms with E-state index in [1.807, 2.05) is 13.0 Å². The van der Waals surface area contributed by atoms with Gasteiger partial charge in [0.25, 0.3) is 5.56 Å². The lowest BCUT2D eigenvalue weighted by Gasteiger charge is -2.08. The average Bonchev–Trinajstić information content (AvgIpc) is 2.33. The maximum absolute atomic E-state index is 11.2. The van der Waals surface area contributed by atoms with Gasteiger partial charge in [-0.15, -0.1) is 0 Å². The van der Waals surface area contributed by atoms with Gasteiger partial charge in [-0.3, -0.25) is 9.78 Å². The van der Waals surface area contributed by atoms with E-state index in [0.717, 1.165) is 11.1 Å². The fraction of sp³-hybridized carbons (Fsp3) is 0.182. The summed E-state index contributed by atoms with van der Waals surface area (Å²) in [4.78, 5) is 15.2. The van der Waals surface area contributed by atoms with Crippen molar-refractivity contribution < 1.29 is 0 Å². The first-order chi connectivity index (χ1) is 8.18. The highest BCUT2D eigenvalue weighted by Crippen LogP contribution is 2.16. The SMILES string of the molecule is Cc1cnccc1CNc1cn[nH]c(=O)c1Cl. The smallest absolute Gasteiger partial charge is 0.285 e. The minimum absolute atomic E-state index is 0.117. The first-order valence-electron chi connectivity index (χ1n) is 5.05. The molecular formula is C11H11ClN4O. The summed E-state index contributed by atoms with van der Waals surface area (Å²) in [7, 11) is 0. The predicted molar refractivity (Wildman–Crippen MR) is 66.2 cm³/mol. The Labute approximate surface area is 103 Å². The van der Waals surface area contributed by atoms with Crippen LogP contribution in [0.15, 0.2) is 29.5 Å². The normalized spacial score (nSPS) is 10.2. The van der Waals surface area contributed by atoms with E-state index in [4.69, 9.17) is 11.6 Å². The number of hydrogen-bond acceptors (Lipinski definition) is 4. The van der Waals surface area contributed by atoms with Crippen molar-refractivity contribution in [3.05, 3.63) is 51.2 Å². The highest BCUT2D eigenvalue weighted by Gasteiger charge is 2.05. The van der Waals surface area contributed by atoms with E-state index >= 15 is 0 Å². The second-order valence-corrected chi connectivity index (χ2v) is 3.96. The molecule has 2 aromatic rings. The number of aromatic amines is 1. The molecule has 0 atom stereocenters. The fourth-order valence-corrected chi connectivity index (χ4v) is 1.56. The average molecular weight is 251 g/mol. The van der Waals surface area contributed by atoms with Gasteiger partial charge in [-0.2, -0.15) is 5.10 Å². The van der Waals surface area contributed by atoms with Crippen LogP contribution in [0.25, 0.3) is 0 Å². The molecule has 2 aromatic heterocycles. The molecule has 2 heterocycles. The molecule has 0 aliphatic carbocycles. The van der Waals surface area contributed by atoms with Crippen molar-refractivity contribution in [2.75, 3.05) is 5.32 Å². The third-order valence-corrected chi connectivity index (χ3v) is 2.78. The first kappa shape index (κ1) is 11.6. The van der Waals surface area contributed by atoms with Gasteiger partial charge >= 0.3 is 0 Å². The van der Waals surface area contributed by atoms with E-state index < -0.39 is 5.56 Å². The maximum Gasteiger partial charge on any atom is 0.285 e. The van der Waals surface area contributed by atoms with Gasteiger partial charge in [-0.25, -0.2) is 5.10 Å². The summed E-state index contributed by atoms with van der Waals surface area (Å²) in [5.41, 5.74) is 2.29. The molecule has 0 aliphatic rings. The summed E-state index contributed by atoms with van der Waals surface area (Å²) in [5.74, 6) is 0. The number of aromatic nitrogens is 3.